The lowest BCUT2D eigenvalue weighted by molar-refractivity contribution is 0.119. The molecule has 1 atom stereocenters. The van der Waals surface area contributed by atoms with E-state index in [0.717, 1.165) is 6.04 Å². The third-order valence-corrected chi connectivity index (χ3v) is 5.31. The minimum absolute atomic E-state index is 0.697. The molecule has 2 aliphatic rings. The Morgan fingerprint density at radius 2 is 2.21 bits per heavy atom. The molecule has 14 heavy (non-hydrogen) atoms. The van der Waals surface area contributed by atoms with Gasteiger partial charge in [-0.2, -0.15) is 11.8 Å². The van der Waals surface area contributed by atoms with Crippen LogP contribution in [0.2, 0.25) is 0 Å². The number of rotatable bonds is 4. The normalized spacial score (nSPS) is 31.1. The lowest BCUT2D eigenvalue weighted by Crippen LogP contribution is -2.44. The minimum Gasteiger partial charge on any atom is -0.313 e. The van der Waals surface area contributed by atoms with Gasteiger partial charge in [0.25, 0.3) is 0 Å². The molecule has 2 rings (SSSR count). The van der Waals surface area contributed by atoms with Crippen molar-refractivity contribution in [2.75, 3.05) is 18.1 Å². The zero-order valence-electron chi connectivity index (χ0n) is 9.35. The molecular weight excluding hydrogens is 190 g/mol. The summed E-state index contributed by atoms with van der Waals surface area (Å²) >= 11 is 2.12. The van der Waals surface area contributed by atoms with Gasteiger partial charge in [0.15, 0.2) is 0 Å². The Morgan fingerprint density at radius 1 is 1.36 bits per heavy atom. The summed E-state index contributed by atoms with van der Waals surface area (Å²) in [5, 5.41) is 3.79. The van der Waals surface area contributed by atoms with Crippen molar-refractivity contribution in [2.24, 2.45) is 5.41 Å². The van der Waals surface area contributed by atoms with Crippen molar-refractivity contribution in [3.05, 3.63) is 0 Å². The first kappa shape index (κ1) is 10.8. The molecule has 1 aliphatic carbocycles. The van der Waals surface area contributed by atoms with Crippen LogP contribution in [0.5, 0.6) is 0 Å². The zero-order chi connectivity index (χ0) is 9.86. The van der Waals surface area contributed by atoms with Crippen molar-refractivity contribution in [3.8, 4) is 0 Å². The van der Waals surface area contributed by atoms with Gasteiger partial charge in [0.1, 0.15) is 0 Å². The maximum Gasteiger partial charge on any atom is 0.0158 e. The van der Waals surface area contributed by atoms with Gasteiger partial charge in [0.2, 0.25) is 0 Å². The van der Waals surface area contributed by atoms with E-state index in [2.05, 4.69) is 24.0 Å². The molecule has 0 spiro atoms. The van der Waals surface area contributed by atoms with Crippen molar-refractivity contribution in [2.45, 2.75) is 51.5 Å². The van der Waals surface area contributed by atoms with Gasteiger partial charge in [-0.3, -0.25) is 0 Å². The first-order valence-corrected chi connectivity index (χ1v) is 7.31. The van der Waals surface area contributed by atoms with Gasteiger partial charge in [-0.15, -0.1) is 0 Å². The van der Waals surface area contributed by atoms with Gasteiger partial charge >= 0.3 is 0 Å². The average molecular weight is 213 g/mol. The summed E-state index contributed by atoms with van der Waals surface area (Å²) < 4.78 is 0. The minimum atomic E-state index is 0.697. The topological polar surface area (TPSA) is 12.0 Å². The molecule has 2 fully saturated rings. The Morgan fingerprint density at radius 3 is 2.71 bits per heavy atom. The van der Waals surface area contributed by atoms with Gasteiger partial charge < -0.3 is 5.32 Å². The van der Waals surface area contributed by atoms with Crippen molar-refractivity contribution >= 4 is 11.8 Å². The second-order valence-electron chi connectivity index (χ2n) is 5.00. The predicted octanol–water partition coefficient (Wildman–Crippen LogP) is 3.05. The van der Waals surface area contributed by atoms with E-state index < -0.39 is 0 Å². The molecule has 0 aromatic heterocycles. The predicted molar refractivity (Wildman–Crippen MR) is 64.9 cm³/mol. The standard InChI is InChI=1S/C12H23NS/c1-2-12(6-4-7-12)10-13-11-5-3-8-14-9-11/h11,13H,2-10H2,1H3. The first-order chi connectivity index (χ1) is 6.85. The highest BCUT2D eigenvalue weighted by Crippen LogP contribution is 2.43. The molecular formula is C12H23NS. The summed E-state index contributed by atoms with van der Waals surface area (Å²) in [5.74, 6) is 2.73. The molecule has 2 heteroatoms. The van der Waals surface area contributed by atoms with Crippen molar-refractivity contribution in [1.82, 2.24) is 5.32 Å². The summed E-state index contributed by atoms with van der Waals surface area (Å²) in [4.78, 5) is 0. The summed E-state index contributed by atoms with van der Waals surface area (Å²) in [5.41, 5.74) is 0.697. The maximum absolute atomic E-state index is 3.79. The Labute approximate surface area is 92.4 Å². The highest BCUT2D eigenvalue weighted by molar-refractivity contribution is 7.99. The fraction of sp³-hybridized carbons (Fsp3) is 1.00. The molecule has 0 aromatic rings. The smallest absolute Gasteiger partial charge is 0.0158 e. The van der Waals surface area contributed by atoms with E-state index in [-0.39, 0.29) is 0 Å². The number of hydrogen-bond acceptors (Lipinski definition) is 2. The van der Waals surface area contributed by atoms with E-state index in [4.69, 9.17) is 0 Å². The second-order valence-corrected chi connectivity index (χ2v) is 6.15. The largest absolute Gasteiger partial charge is 0.313 e. The van der Waals surface area contributed by atoms with Gasteiger partial charge in [-0.25, -0.2) is 0 Å². The Balaban J connectivity index is 1.69. The lowest BCUT2D eigenvalue weighted by atomic mass is 9.67. The molecule has 0 bridgehead atoms. The number of nitrogens with one attached hydrogen (secondary N) is 1. The maximum atomic E-state index is 3.79. The van der Waals surface area contributed by atoms with Crippen LogP contribution in [0, 0.1) is 5.41 Å². The molecule has 1 heterocycles. The average Bonchev–Trinajstić information content (AvgIpc) is 2.19. The SMILES string of the molecule is CCC1(CNC2CCCSC2)CCC1. The van der Waals surface area contributed by atoms with Crippen LogP contribution < -0.4 is 5.32 Å². The lowest BCUT2D eigenvalue weighted by Gasteiger charge is -2.42. The molecule has 1 aliphatic heterocycles. The molecule has 0 amide bonds. The molecule has 1 N–H and O–H groups in total. The van der Waals surface area contributed by atoms with Crippen LogP contribution >= 0.6 is 11.8 Å². The van der Waals surface area contributed by atoms with Crippen LogP contribution in [-0.2, 0) is 0 Å². The number of hydrogen-bond donors (Lipinski definition) is 1. The van der Waals surface area contributed by atoms with Crippen LogP contribution in [0.4, 0.5) is 0 Å². The number of thioether (sulfide) groups is 1. The summed E-state index contributed by atoms with van der Waals surface area (Å²) in [6.07, 6.45) is 8.61. The fourth-order valence-electron chi connectivity index (χ4n) is 2.59. The van der Waals surface area contributed by atoms with Gasteiger partial charge in [-0.05, 0) is 43.3 Å². The molecule has 1 unspecified atom stereocenters. The quantitative estimate of drug-likeness (QED) is 0.770. The van der Waals surface area contributed by atoms with Crippen molar-refractivity contribution < 1.29 is 0 Å². The molecule has 0 radical (unpaired) electrons. The Bertz CT molecular complexity index is 166. The molecule has 0 aromatic carbocycles. The van der Waals surface area contributed by atoms with E-state index in [1.165, 1.54) is 56.6 Å². The van der Waals surface area contributed by atoms with Crippen LogP contribution in [0.3, 0.4) is 0 Å². The molecule has 1 saturated heterocycles. The Kier molecular flexibility index (Phi) is 3.78. The van der Waals surface area contributed by atoms with E-state index in [9.17, 15) is 0 Å². The van der Waals surface area contributed by atoms with Crippen LogP contribution in [0.25, 0.3) is 0 Å². The molecule has 82 valence electrons. The van der Waals surface area contributed by atoms with E-state index in [1.54, 1.807) is 0 Å². The van der Waals surface area contributed by atoms with Gasteiger partial charge in [0.05, 0.1) is 0 Å². The van der Waals surface area contributed by atoms with Gasteiger partial charge in [0, 0.05) is 18.3 Å². The second kappa shape index (κ2) is 4.89. The van der Waals surface area contributed by atoms with Crippen LogP contribution in [0.1, 0.15) is 45.4 Å². The molecule has 1 nitrogen and oxygen atoms in total. The highest BCUT2D eigenvalue weighted by Gasteiger charge is 2.35. The van der Waals surface area contributed by atoms with Crippen LogP contribution in [0.15, 0.2) is 0 Å². The Hall–Kier alpha value is 0.310. The summed E-state index contributed by atoms with van der Waals surface area (Å²) in [7, 11) is 0. The first-order valence-electron chi connectivity index (χ1n) is 6.16. The third-order valence-electron chi connectivity index (χ3n) is 4.09. The third kappa shape index (κ3) is 2.46. The monoisotopic (exact) mass is 213 g/mol. The van der Waals surface area contributed by atoms with Crippen molar-refractivity contribution in [1.29, 1.82) is 0 Å². The summed E-state index contributed by atoms with van der Waals surface area (Å²) in [6, 6.07) is 0.817. The zero-order valence-corrected chi connectivity index (χ0v) is 10.2. The molecule has 1 saturated carbocycles. The van der Waals surface area contributed by atoms with Gasteiger partial charge in [-0.1, -0.05) is 13.3 Å². The highest BCUT2D eigenvalue weighted by atomic mass is 32.2. The van der Waals surface area contributed by atoms with E-state index in [0.29, 0.717) is 5.41 Å². The van der Waals surface area contributed by atoms with E-state index in [1.807, 2.05) is 0 Å². The summed E-state index contributed by atoms with van der Waals surface area (Å²) in [6.45, 7) is 3.64. The fourth-order valence-corrected chi connectivity index (χ4v) is 3.70. The van der Waals surface area contributed by atoms with Crippen molar-refractivity contribution in [3.63, 3.8) is 0 Å². The van der Waals surface area contributed by atoms with E-state index >= 15 is 0 Å². The van der Waals surface area contributed by atoms with Crippen LogP contribution in [-0.4, -0.2) is 24.1 Å².